The van der Waals surface area contributed by atoms with Gasteiger partial charge in [0.05, 0.1) is 11.5 Å². The fourth-order valence-electron chi connectivity index (χ4n) is 6.99. The van der Waals surface area contributed by atoms with Crippen molar-refractivity contribution in [3.63, 3.8) is 0 Å². The Balaban J connectivity index is 1.59. The SMILES string of the molecule is CNC(=O)Oc1ccc(-c2ccc(O)c3c2C[C@H]2C[C@H]4[C@H](C(C)C)C(=O)C(C(N)=O)C(=O)[C@@]4(O)C(=O)C2C3=O)cc1. The summed E-state index contributed by atoms with van der Waals surface area (Å²) in [5.41, 5.74) is 4.29. The van der Waals surface area contributed by atoms with Crippen LogP contribution in [0.15, 0.2) is 36.4 Å². The van der Waals surface area contributed by atoms with Gasteiger partial charge in [0.1, 0.15) is 11.5 Å². The number of carbonyl (C=O) groups excluding carboxylic acids is 6. The number of Topliss-reactive ketones (excluding diaryl/α,β-unsaturated/α-hetero) is 4. The number of aromatic hydroxyl groups is 1. The number of nitrogens with one attached hydrogen (secondary N) is 1. The first kappa shape index (κ1) is 28.2. The molecule has 5 rings (SSSR count). The van der Waals surface area contributed by atoms with Crippen molar-refractivity contribution in [1.29, 1.82) is 0 Å². The van der Waals surface area contributed by atoms with E-state index < -0.39 is 76.2 Å². The lowest BCUT2D eigenvalue weighted by atomic mass is 9.49. The molecule has 2 unspecified atom stereocenters. The molecule has 214 valence electrons. The first-order valence-corrected chi connectivity index (χ1v) is 13.4. The van der Waals surface area contributed by atoms with E-state index in [9.17, 15) is 39.0 Å². The van der Waals surface area contributed by atoms with E-state index in [4.69, 9.17) is 10.5 Å². The molecule has 2 amide bonds. The Bertz CT molecular complexity index is 1510. The van der Waals surface area contributed by atoms with Gasteiger partial charge >= 0.3 is 6.09 Å². The number of hydrogen-bond donors (Lipinski definition) is 4. The zero-order valence-electron chi connectivity index (χ0n) is 22.7. The van der Waals surface area contributed by atoms with Gasteiger partial charge in [0.2, 0.25) is 5.91 Å². The summed E-state index contributed by atoms with van der Waals surface area (Å²) in [6.45, 7) is 3.39. The maximum Gasteiger partial charge on any atom is 0.412 e. The summed E-state index contributed by atoms with van der Waals surface area (Å²) < 4.78 is 5.13. The van der Waals surface area contributed by atoms with Gasteiger partial charge in [-0.1, -0.05) is 32.0 Å². The van der Waals surface area contributed by atoms with Crippen LogP contribution in [0.5, 0.6) is 11.5 Å². The normalized spacial score (nSPS) is 29.0. The van der Waals surface area contributed by atoms with Gasteiger partial charge in [0.15, 0.2) is 34.7 Å². The summed E-state index contributed by atoms with van der Waals surface area (Å²) in [5.74, 6) is -11.8. The summed E-state index contributed by atoms with van der Waals surface area (Å²) in [7, 11) is 1.43. The summed E-state index contributed by atoms with van der Waals surface area (Å²) in [6, 6.07) is 9.48. The molecule has 0 heterocycles. The Morgan fingerprint density at radius 3 is 2.29 bits per heavy atom. The molecule has 3 aliphatic rings. The average Bonchev–Trinajstić information content (AvgIpc) is 2.91. The lowest BCUT2D eigenvalue weighted by Gasteiger charge is -2.52. The second-order valence-electron chi connectivity index (χ2n) is 11.3. The summed E-state index contributed by atoms with van der Waals surface area (Å²) in [6.07, 6.45) is -0.492. The molecule has 0 saturated heterocycles. The van der Waals surface area contributed by atoms with Crippen molar-refractivity contribution in [2.75, 3.05) is 7.05 Å². The molecule has 2 fully saturated rings. The van der Waals surface area contributed by atoms with Gasteiger partial charge in [-0.2, -0.15) is 0 Å². The van der Waals surface area contributed by atoms with E-state index in [0.29, 0.717) is 16.7 Å². The largest absolute Gasteiger partial charge is 0.507 e. The number of ketones is 4. The standard InChI is InChI=1S/C30H30N2O9/c1-12(2)20-18-11-14-10-17-16(13-4-6-15(7-5-13)41-29(39)32-3)8-9-19(33)22(17)25(35)21(14)26(36)30(18,40)27(37)23(24(20)34)28(31)38/h4-9,12,14,18,20-21,23,33,40H,10-11H2,1-3H3,(H2,31,38)(H,32,39)/t14-,18-,20-,21?,23?,30-/m0/s1. The molecular formula is C30H30N2O9. The van der Waals surface area contributed by atoms with Gasteiger partial charge in [0.25, 0.3) is 0 Å². The van der Waals surface area contributed by atoms with E-state index in [1.54, 1.807) is 44.2 Å². The molecule has 2 aromatic rings. The molecule has 11 nitrogen and oxygen atoms in total. The third kappa shape index (κ3) is 4.14. The van der Waals surface area contributed by atoms with Gasteiger partial charge in [-0.25, -0.2) is 4.79 Å². The number of benzene rings is 2. The van der Waals surface area contributed by atoms with Crippen LogP contribution in [-0.2, 0) is 25.6 Å². The molecule has 0 spiro atoms. The maximum absolute atomic E-state index is 13.9. The van der Waals surface area contributed by atoms with Crippen LogP contribution in [0.2, 0.25) is 0 Å². The Morgan fingerprint density at radius 2 is 1.71 bits per heavy atom. The zero-order chi connectivity index (χ0) is 30.0. The lowest BCUT2D eigenvalue weighted by molar-refractivity contribution is -0.182. The number of rotatable bonds is 4. The molecule has 0 radical (unpaired) electrons. The van der Waals surface area contributed by atoms with Crippen LogP contribution < -0.4 is 15.8 Å². The topological polar surface area (TPSA) is 190 Å². The van der Waals surface area contributed by atoms with Crippen LogP contribution >= 0.6 is 0 Å². The number of hydrogen-bond acceptors (Lipinski definition) is 9. The van der Waals surface area contributed by atoms with Crippen molar-refractivity contribution in [3.8, 4) is 22.6 Å². The van der Waals surface area contributed by atoms with Crippen LogP contribution in [0.3, 0.4) is 0 Å². The van der Waals surface area contributed by atoms with Crippen molar-refractivity contribution < 1.29 is 43.7 Å². The number of ether oxygens (including phenoxy) is 1. The minimum atomic E-state index is -2.73. The quantitative estimate of drug-likeness (QED) is 0.401. The maximum atomic E-state index is 13.9. The van der Waals surface area contributed by atoms with Crippen molar-refractivity contribution in [2.45, 2.75) is 32.3 Å². The summed E-state index contributed by atoms with van der Waals surface area (Å²) >= 11 is 0. The predicted octanol–water partition coefficient (Wildman–Crippen LogP) is 1.59. The minimum absolute atomic E-state index is 0.00208. The van der Waals surface area contributed by atoms with E-state index in [0.717, 1.165) is 0 Å². The number of carbonyl (C=O) groups is 6. The third-order valence-electron chi connectivity index (χ3n) is 8.78. The van der Waals surface area contributed by atoms with Crippen molar-refractivity contribution in [1.82, 2.24) is 5.32 Å². The molecule has 0 aliphatic heterocycles. The predicted molar refractivity (Wildman–Crippen MR) is 143 cm³/mol. The second kappa shape index (κ2) is 9.91. The third-order valence-corrected chi connectivity index (χ3v) is 8.78. The molecule has 2 aromatic carbocycles. The number of aliphatic hydroxyl groups is 1. The van der Waals surface area contributed by atoms with Gasteiger partial charge in [-0.3, -0.25) is 24.0 Å². The highest BCUT2D eigenvalue weighted by atomic mass is 16.5. The summed E-state index contributed by atoms with van der Waals surface area (Å²) in [4.78, 5) is 78.1. The van der Waals surface area contributed by atoms with Crippen molar-refractivity contribution >= 4 is 35.1 Å². The van der Waals surface area contributed by atoms with E-state index in [1.807, 2.05) is 0 Å². The lowest BCUT2D eigenvalue weighted by Crippen LogP contribution is -2.71. The van der Waals surface area contributed by atoms with Crippen LogP contribution in [-0.4, -0.2) is 58.0 Å². The monoisotopic (exact) mass is 562 g/mol. The zero-order valence-corrected chi connectivity index (χ0v) is 22.7. The highest BCUT2D eigenvalue weighted by Gasteiger charge is 2.69. The summed E-state index contributed by atoms with van der Waals surface area (Å²) in [5, 5.41) is 24.8. The number of nitrogens with two attached hydrogens (primary N) is 1. The number of phenolic OH excluding ortho intramolecular Hbond substituents is 1. The molecule has 2 saturated carbocycles. The Hall–Kier alpha value is -4.38. The average molecular weight is 563 g/mol. The van der Waals surface area contributed by atoms with Gasteiger partial charge in [0, 0.05) is 18.9 Å². The van der Waals surface area contributed by atoms with E-state index in [1.165, 1.54) is 13.1 Å². The molecule has 41 heavy (non-hydrogen) atoms. The Morgan fingerprint density at radius 1 is 1.05 bits per heavy atom. The van der Waals surface area contributed by atoms with Crippen molar-refractivity contribution in [3.05, 3.63) is 47.5 Å². The smallest absolute Gasteiger partial charge is 0.412 e. The fraction of sp³-hybridized carbons (Fsp3) is 0.400. The minimum Gasteiger partial charge on any atom is -0.507 e. The van der Waals surface area contributed by atoms with E-state index in [2.05, 4.69) is 5.32 Å². The Kier molecular flexibility index (Phi) is 6.81. The van der Waals surface area contributed by atoms with E-state index in [-0.39, 0.29) is 29.9 Å². The van der Waals surface area contributed by atoms with Crippen LogP contribution in [0.1, 0.15) is 36.2 Å². The van der Waals surface area contributed by atoms with Crippen molar-refractivity contribution in [2.24, 2.45) is 41.2 Å². The molecule has 5 N–H and O–H groups in total. The molecule has 11 heteroatoms. The highest BCUT2D eigenvalue weighted by molar-refractivity contribution is 6.32. The second-order valence-corrected chi connectivity index (χ2v) is 11.3. The number of primary amides is 1. The van der Waals surface area contributed by atoms with Gasteiger partial charge in [-0.15, -0.1) is 0 Å². The molecule has 0 aromatic heterocycles. The molecule has 0 bridgehead atoms. The van der Waals surface area contributed by atoms with Gasteiger partial charge < -0.3 is 26.0 Å². The van der Waals surface area contributed by atoms with Crippen LogP contribution in [0, 0.1) is 35.5 Å². The number of amides is 2. The Labute approximate surface area is 235 Å². The number of phenols is 1. The highest BCUT2D eigenvalue weighted by Crippen LogP contribution is 2.53. The van der Waals surface area contributed by atoms with Crippen LogP contribution in [0.4, 0.5) is 4.79 Å². The van der Waals surface area contributed by atoms with E-state index >= 15 is 0 Å². The molecule has 6 atom stereocenters. The first-order chi connectivity index (χ1) is 19.3. The fourth-order valence-corrected chi connectivity index (χ4v) is 6.99. The van der Waals surface area contributed by atoms with Gasteiger partial charge in [-0.05, 0) is 59.6 Å². The number of fused-ring (bicyclic) bond motifs is 3. The molecular weight excluding hydrogens is 532 g/mol. The first-order valence-electron chi connectivity index (χ1n) is 13.4. The van der Waals surface area contributed by atoms with Crippen LogP contribution in [0.25, 0.3) is 11.1 Å². The molecule has 3 aliphatic carbocycles.